The van der Waals surface area contributed by atoms with Gasteiger partial charge in [-0.15, -0.1) is 0 Å². The zero-order valence-electron chi connectivity index (χ0n) is 19.7. The van der Waals surface area contributed by atoms with Crippen LogP contribution in [0.5, 0.6) is 0 Å². The van der Waals surface area contributed by atoms with Crippen molar-refractivity contribution in [3.8, 4) is 6.07 Å². The van der Waals surface area contributed by atoms with E-state index >= 15 is 0 Å². The van der Waals surface area contributed by atoms with Gasteiger partial charge in [0.1, 0.15) is 23.1 Å². The first-order chi connectivity index (χ1) is 16.4. The Morgan fingerprint density at radius 3 is 2.74 bits per heavy atom. The van der Waals surface area contributed by atoms with Gasteiger partial charge in [0, 0.05) is 32.9 Å². The second kappa shape index (κ2) is 11.4. The zero-order valence-corrected chi connectivity index (χ0v) is 19.7. The first kappa shape index (κ1) is 24.9. The average molecular weight is 468 g/mol. The monoisotopic (exact) mass is 467 g/mol. The third-order valence-electron chi connectivity index (χ3n) is 5.72. The lowest BCUT2D eigenvalue weighted by Gasteiger charge is -2.32. The Kier molecular flexibility index (Phi) is 8.38. The summed E-state index contributed by atoms with van der Waals surface area (Å²) in [7, 11) is 1.51. The molecular formula is C24H29N5O5. The number of nitrogens with one attached hydrogen (secondary N) is 1. The molecule has 0 aliphatic carbocycles. The average Bonchev–Trinajstić information content (AvgIpc) is 2.84. The van der Waals surface area contributed by atoms with E-state index in [2.05, 4.69) is 5.32 Å². The largest absolute Gasteiger partial charge is 0.466 e. The first-order valence-corrected chi connectivity index (χ1v) is 11.2. The minimum absolute atomic E-state index is 0.149. The number of nitrogens with zero attached hydrogens (tertiary/aromatic N) is 4. The second-order valence-corrected chi connectivity index (χ2v) is 7.97. The number of hydrogen-bond donors (Lipinski definition) is 1. The van der Waals surface area contributed by atoms with E-state index in [0.29, 0.717) is 50.6 Å². The van der Waals surface area contributed by atoms with E-state index in [4.69, 9.17) is 14.5 Å². The summed E-state index contributed by atoms with van der Waals surface area (Å²) in [6.07, 6.45) is 4.01. The van der Waals surface area contributed by atoms with E-state index in [-0.39, 0.29) is 35.1 Å². The van der Waals surface area contributed by atoms with Gasteiger partial charge in [-0.05, 0) is 44.4 Å². The fourth-order valence-electron chi connectivity index (χ4n) is 3.91. The lowest BCUT2D eigenvalue weighted by Crippen LogP contribution is -2.39. The zero-order chi connectivity index (χ0) is 24.7. The van der Waals surface area contributed by atoms with Gasteiger partial charge in [-0.2, -0.15) is 5.26 Å². The predicted octanol–water partition coefficient (Wildman–Crippen LogP) is 1.45. The first-order valence-electron chi connectivity index (χ1n) is 11.2. The summed E-state index contributed by atoms with van der Waals surface area (Å²) < 4.78 is 11.5. The summed E-state index contributed by atoms with van der Waals surface area (Å²) in [4.78, 5) is 44.8. The molecule has 1 aliphatic heterocycles. The highest BCUT2D eigenvalue weighted by atomic mass is 16.5. The number of methoxy groups -OCH3 is 1. The number of nitriles is 1. The summed E-state index contributed by atoms with van der Waals surface area (Å²) >= 11 is 0. The molecule has 1 N–H and O–H groups in total. The van der Waals surface area contributed by atoms with E-state index in [9.17, 15) is 19.6 Å². The van der Waals surface area contributed by atoms with Crippen LogP contribution in [-0.2, 0) is 19.1 Å². The van der Waals surface area contributed by atoms with E-state index in [0.717, 1.165) is 5.56 Å². The quantitative estimate of drug-likeness (QED) is 0.268. The smallest absolute Gasteiger partial charge is 0.309 e. The van der Waals surface area contributed by atoms with Crippen LogP contribution in [0.3, 0.4) is 0 Å². The molecule has 10 nitrogen and oxygen atoms in total. The molecule has 0 bridgehead atoms. The maximum absolute atomic E-state index is 13.5. The molecular weight excluding hydrogens is 438 g/mol. The van der Waals surface area contributed by atoms with Crippen LogP contribution in [0.15, 0.2) is 28.7 Å². The van der Waals surface area contributed by atoms with Gasteiger partial charge in [-0.25, -0.2) is 4.98 Å². The van der Waals surface area contributed by atoms with E-state index < -0.39 is 5.91 Å². The van der Waals surface area contributed by atoms with Gasteiger partial charge < -0.3 is 19.7 Å². The molecule has 0 atom stereocenters. The predicted molar refractivity (Wildman–Crippen MR) is 126 cm³/mol. The van der Waals surface area contributed by atoms with Crippen molar-refractivity contribution in [2.75, 3.05) is 44.9 Å². The third kappa shape index (κ3) is 5.43. The number of carbonyl (C=O) groups is 2. The molecule has 180 valence electrons. The fourth-order valence-corrected chi connectivity index (χ4v) is 3.91. The summed E-state index contributed by atoms with van der Waals surface area (Å²) in [5.74, 6) is -0.636. The van der Waals surface area contributed by atoms with Gasteiger partial charge in [-0.1, -0.05) is 6.07 Å². The van der Waals surface area contributed by atoms with Gasteiger partial charge in [0.25, 0.3) is 11.5 Å². The van der Waals surface area contributed by atoms with Crippen LogP contribution in [0, 0.1) is 24.2 Å². The van der Waals surface area contributed by atoms with E-state index in [1.807, 2.05) is 24.0 Å². The fraction of sp³-hybridized carbons (Fsp3) is 0.458. The number of pyridine rings is 1. The Hall–Kier alpha value is -3.71. The number of carbonyl (C=O) groups excluding carboxylic acids is 2. The molecule has 0 radical (unpaired) electrons. The molecule has 1 aliphatic rings. The maximum Gasteiger partial charge on any atom is 0.309 e. The van der Waals surface area contributed by atoms with Crippen LogP contribution in [0.2, 0.25) is 0 Å². The minimum atomic E-state index is -0.597. The number of ether oxygens (including phenoxy) is 2. The van der Waals surface area contributed by atoms with Gasteiger partial charge >= 0.3 is 5.97 Å². The number of anilines is 1. The molecule has 1 amide bonds. The van der Waals surface area contributed by atoms with Crippen molar-refractivity contribution in [3.05, 3.63) is 45.4 Å². The van der Waals surface area contributed by atoms with Crippen molar-refractivity contribution in [2.45, 2.75) is 26.7 Å². The lowest BCUT2D eigenvalue weighted by atomic mass is 9.96. The van der Waals surface area contributed by atoms with Crippen molar-refractivity contribution >= 4 is 29.4 Å². The van der Waals surface area contributed by atoms with Gasteiger partial charge in [-0.3, -0.25) is 18.8 Å². The minimum Gasteiger partial charge on any atom is -0.466 e. The molecule has 3 rings (SSSR count). The number of amides is 1. The van der Waals surface area contributed by atoms with Crippen molar-refractivity contribution in [1.29, 1.82) is 5.26 Å². The standard InChI is InChI=1S/C24H29N5O5/c1-4-34-24(32)17-7-11-28(12-8-17)21-19(14-18(15-25)22(30)26-9-13-33-3)23(31)29-10-5-6-16(2)20(29)27-21/h5-6,10,14,17H,4,7-9,11-13H2,1-3H3,(H,26,30)/b18-14+. The van der Waals surface area contributed by atoms with Gasteiger partial charge in [0.05, 0.1) is 24.7 Å². The number of hydrogen-bond acceptors (Lipinski definition) is 8. The van der Waals surface area contributed by atoms with E-state index in [1.165, 1.54) is 17.6 Å². The molecule has 0 spiro atoms. The van der Waals surface area contributed by atoms with Gasteiger partial charge in [0.15, 0.2) is 0 Å². The van der Waals surface area contributed by atoms with Crippen molar-refractivity contribution in [1.82, 2.24) is 14.7 Å². The highest BCUT2D eigenvalue weighted by molar-refractivity contribution is 6.02. The lowest BCUT2D eigenvalue weighted by molar-refractivity contribution is -0.148. The SMILES string of the molecule is CCOC(=O)C1CCN(c2nc3c(C)cccn3c(=O)c2/C=C(\C#N)C(=O)NCCOC)CC1. The number of esters is 1. The van der Waals surface area contributed by atoms with Crippen LogP contribution in [0.1, 0.15) is 30.9 Å². The number of aromatic nitrogens is 2. The Morgan fingerprint density at radius 1 is 1.35 bits per heavy atom. The molecule has 1 saturated heterocycles. The van der Waals surface area contributed by atoms with Crippen LogP contribution in [0.4, 0.5) is 5.82 Å². The Morgan fingerprint density at radius 2 is 2.09 bits per heavy atom. The molecule has 2 aromatic heterocycles. The molecule has 0 aromatic carbocycles. The highest BCUT2D eigenvalue weighted by Crippen LogP contribution is 2.26. The molecule has 10 heteroatoms. The Bertz CT molecular complexity index is 1190. The molecule has 3 heterocycles. The Labute approximate surface area is 197 Å². The number of rotatable bonds is 8. The molecule has 2 aromatic rings. The normalized spacial score (nSPS) is 14.6. The van der Waals surface area contributed by atoms with Crippen molar-refractivity contribution in [2.24, 2.45) is 5.92 Å². The molecule has 0 saturated carbocycles. The maximum atomic E-state index is 13.5. The van der Waals surface area contributed by atoms with Gasteiger partial charge in [0.2, 0.25) is 0 Å². The van der Waals surface area contributed by atoms with E-state index in [1.54, 1.807) is 19.2 Å². The molecule has 0 unspecified atom stereocenters. The summed E-state index contributed by atoms with van der Waals surface area (Å²) in [5.41, 5.74) is 0.876. The number of aryl methyl sites for hydroxylation is 1. The summed E-state index contributed by atoms with van der Waals surface area (Å²) in [5, 5.41) is 12.2. The van der Waals surface area contributed by atoms with Crippen LogP contribution < -0.4 is 15.8 Å². The van der Waals surface area contributed by atoms with Crippen LogP contribution in [-0.4, -0.2) is 61.2 Å². The van der Waals surface area contributed by atoms with Crippen LogP contribution in [0.25, 0.3) is 11.7 Å². The Balaban J connectivity index is 2.03. The summed E-state index contributed by atoms with van der Waals surface area (Å²) in [6, 6.07) is 5.48. The van der Waals surface area contributed by atoms with Crippen LogP contribution >= 0.6 is 0 Å². The summed E-state index contributed by atoms with van der Waals surface area (Å²) in [6.45, 7) is 5.47. The molecule has 34 heavy (non-hydrogen) atoms. The highest BCUT2D eigenvalue weighted by Gasteiger charge is 2.29. The second-order valence-electron chi connectivity index (χ2n) is 7.97. The topological polar surface area (TPSA) is 126 Å². The van der Waals surface area contributed by atoms with Crippen molar-refractivity contribution in [3.63, 3.8) is 0 Å². The third-order valence-corrected chi connectivity index (χ3v) is 5.72. The number of fused-ring (bicyclic) bond motifs is 1. The molecule has 1 fully saturated rings. The van der Waals surface area contributed by atoms with Crippen molar-refractivity contribution < 1.29 is 19.1 Å². The number of piperidine rings is 1.